The summed E-state index contributed by atoms with van der Waals surface area (Å²) in [7, 11) is 1.33. The summed E-state index contributed by atoms with van der Waals surface area (Å²) in [6, 6.07) is 4.98. The standard InChI is InChI=1S/C18H20F3N3O2/c1-4-7-22-17(26)18(20,21)15-9-12(10-24(15)3)16(25)23-13-5-6-14(19)11(2)8-13/h5-6,8-10H,4,7H2,1-3H3,(H,22,26)(H,23,25). The van der Waals surface area contributed by atoms with Gasteiger partial charge in [-0.2, -0.15) is 8.78 Å². The molecule has 2 N–H and O–H groups in total. The van der Waals surface area contributed by atoms with Crippen molar-refractivity contribution in [2.24, 2.45) is 7.05 Å². The Hall–Kier alpha value is -2.77. The molecule has 5 nitrogen and oxygen atoms in total. The van der Waals surface area contributed by atoms with Crippen molar-refractivity contribution in [3.05, 3.63) is 53.1 Å². The fraction of sp³-hybridized carbons (Fsp3) is 0.333. The van der Waals surface area contributed by atoms with Gasteiger partial charge in [-0.25, -0.2) is 4.39 Å². The van der Waals surface area contributed by atoms with Gasteiger partial charge in [0, 0.05) is 25.5 Å². The summed E-state index contributed by atoms with van der Waals surface area (Å²) in [6.07, 6.45) is 1.74. The molecule has 2 amide bonds. The first-order chi connectivity index (χ1) is 12.2. The second kappa shape index (κ2) is 7.63. The second-order valence-corrected chi connectivity index (χ2v) is 5.97. The van der Waals surface area contributed by atoms with Gasteiger partial charge in [0.2, 0.25) is 0 Å². The smallest absolute Gasteiger partial charge is 0.351 e. The molecule has 26 heavy (non-hydrogen) atoms. The van der Waals surface area contributed by atoms with Crippen LogP contribution >= 0.6 is 0 Å². The molecule has 2 aromatic rings. The summed E-state index contributed by atoms with van der Waals surface area (Å²) in [5, 5.41) is 4.67. The summed E-state index contributed by atoms with van der Waals surface area (Å²) in [4.78, 5) is 24.0. The maximum absolute atomic E-state index is 14.3. The highest BCUT2D eigenvalue weighted by Crippen LogP contribution is 2.29. The molecule has 0 unspecified atom stereocenters. The molecule has 1 heterocycles. The molecule has 0 atom stereocenters. The van der Waals surface area contributed by atoms with Gasteiger partial charge in [0.25, 0.3) is 11.8 Å². The molecular weight excluding hydrogens is 347 g/mol. The van der Waals surface area contributed by atoms with Gasteiger partial charge in [-0.15, -0.1) is 0 Å². The van der Waals surface area contributed by atoms with Crippen molar-refractivity contribution in [1.82, 2.24) is 9.88 Å². The maximum Gasteiger partial charge on any atom is 0.364 e. The minimum atomic E-state index is -3.77. The zero-order valence-electron chi connectivity index (χ0n) is 14.7. The Morgan fingerprint density at radius 2 is 1.92 bits per heavy atom. The molecule has 0 aliphatic carbocycles. The van der Waals surface area contributed by atoms with Crippen LogP contribution in [0.3, 0.4) is 0 Å². The van der Waals surface area contributed by atoms with E-state index in [1.165, 1.54) is 31.4 Å². The van der Waals surface area contributed by atoms with E-state index in [0.717, 1.165) is 10.6 Å². The van der Waals surface area contributed by atoms with Gasteiger partial charge in [-0.3, -0.25) is 9.59 Å². The highest BCUT2D eigenvalue weighted by Gasteiger charge is 2.43. The van der Waals surface area contributed by atoms with E-state index >= 15 is 0 Å². The van der Waals surface area contributed by atoms with Crippen molar-refractivity contribution < 1.29 is 22.8 Å². The number of benzene rings is 1. The molecule has 0 fully saturated rings. The van der Waals surface area contributed by atoms with Gasteiger partial charge >= 0.3 is 5.92 Å². The van der Waals surface area contributed by atoms with E-state index in [0.29, 0.717) is 17.7 Å². The number of amides is 2. The zero-order valence-corrected chi connectivity index (χ0v) is 14.7. The number of carbonyl (C=O) groups is 2. The van der Waals surface area contributed by atoms with Crippen LogP contribution in [0.4, 0.5) is 18.9 Å². The second-order valence-electron chi connectivity index (χ2n) is 5.97. The van der Waals surface area contributed by atoms with Crippen molar-refractivity contribution in [3.8, 4) is 0 Å². The summed E-state index contributed by atoms with van der Waals surface area (Å²) < 4.78 is 43.0. The molecule has 1 aromatic heterocycles. The van der Waals surface area contributed by atoms with Gasteiger partial charge in [0.15, 0.2) is 0 Å². The molecule has 0 aliphatic rings. The molecule has 0 radical (unpaired) electrons. The van der Waals surface area contributed by atoms with Gasteiger partial charge in [-0.1, -0.05) is 6.92 Å². The van der Waals surface area contributed by atoms with E-state index < -0.39 is 29.2 Å². The van der Waals surface area contributed by atoms with E-state index in [9.17, 15) is 22.8 Å². The Kier molecular flexibility index (Phi) is 5.74. The lowest BCUT2D eigenvalue weighted by molar-refractivity contribution is -0.147. The minimum Gasteiger partial charge on any atom is -0.351 e. The Morgan fingerprint density at radius 3 is 2.54 bits per heavy atom. The third-order valence-electron chi connectivity index (χ3n) is 3.83. The third kappa shape index (κ3) is 4.07. The minimum absolute atomic E-state index is 0.0348. The summed E-state index contributed by atoms with van der Waals surface area (Å²) in [5.41, 5.74) is 0.0569. The maximum atomic E-state index is 14.3. The van der Waals surface area contributed by atoms with Gasteiger partial charge in [0.1, 0.15) is 5.82 Å². The topological polar surface area (TPSA) is 63.1 Å². The number of aromatic nitrogens is 1. The number of anilines is 1. The Balaban J connectivity index is 2.21. The van der Waals surface area contributed by atoms with E-state index in [2.05, 4.69) is 10.6 Å². The predicted octanol–water partition coefficient (Wildman–Crippen LogP) is 3.34. The molecule has 140 valence electrons. The van der Waals surface area contributed by atoms with Gasteiger partial charge < -0.3 is 15.2 Å². The zero-order chi connectivity index (χ0) is 19.5. The quantitative estimate of drug-likeness (QED) is 0.823. The lowest BCUT2D eigenvalue weighted by Crippen LogP contribution is -2.39. The first kappa shape index (κ1) is 19.6. The Bertz CT molecular complexity index is 831. The van der Waals surface area contributed by atoms with Crippen molar-refractivity contribution in [2.45, 2.75) is 26.2 Å². The number of carbonyl (C=O) groups excluding carboxylic acids is 2. The summed E-state index contributed by atoms with van der Waals surface area (Å²) in [5.74, 6) is -6.23. The average molecular weight is 367 g/mol. The van der Waals surface area contributed by atoms with E-state index in [1.807, 2.05) is 0 Å². The SMILES string of the molecule is CCCNC(=O)C(F)(F)c1cc(C(=O)Nc2ccc(F)c(C)c2)cn1C. The Morgan fingerprint density at radius 1 is 1.23 bits per heavy atom. The molecule has 0 spiro atoms. The van der Waals surface area contributed by atoms with Crippen LogP contribution in [-0.2, 0) is 17.8 Å². The van der Waals surface area contributed by atoms with Crippen molar-refractivity contribution in [1.29, 1.82) is 0 Å². The van der Waals surface area contributed by atoms with Gasteiger partial charge in [-0.05, 0) is 43.2 Å². The number of nitrogens with zero attached hydrogens (tertiary/aromatic N) is 1. The number of alkyl halides is 2. The van der Waals surface area contributed by atoms with Crippen LogP contribution in [-0.4, -0.2) is 22.9 Å². The first-order valence-corrected chi connectivity index (χ1v) is 8.07. The molecule has 0 bridgehead atoms. The fourth-order valence-electron chi connectivity index (χ4n) is 2.39. The first-order valence-electron chi connectivity index (χ1n) is 8.07. The van der Waals surface area contributed by atoms with Crippen LogP contribution in [0.25, 0.3) is 0 Å². The number of hydrogen-bond donors (Lipinski definition) is 2. The summed E-state index contributed by atoms with van der Waals surface area (Å²) >= 11 is 0. The lowest BCUT2D eigenvalue weighted by atomic mass is 10.2. The lowest BCUT2D eigenvalue weighted by Gasteiger charge is -2.16. The molecule has 0 saturated heterocycles. The number of rotatable bonds is 6. The number of halogens is 3. The monoisotopic (exact) mass is 367 g/mol. The average Bonchev–Trinajstić information content (AvgIpc) is 2.98. The van der Waals surface area contributed by atoms with E-state index in [1.54, 1.807) is 13.8 Å². The highest BCUT2D eigenvalue weighted by molar-refractivity contribution is 6.04. The Labute approximate surface area is 149 Å². The summed E-state index contributed by atoms with van der Waals surface area (Å²) in [6.45, 7) is 3.43. The van der Waals surface area contributed by atoms with Crippen molar-refractivity contribution in [2.75, 3.05) is 11.9 Å². The van der Waals surface area contributed by atoms with Crippen LogP contribution in [0.15, 0.2) is 30.5 Å². The van der Waals surface area contributed by atoms with Crippen LogP contribution in [0.1, 0.15) is 35.0 Å². The molecule has 2 rings (SSSR count). The van der Waals surface area contributed by atoms with Crippen molar-refractivity contribution in [3.63, 3.8) is 0 Å². The van der Waals surface area contributed by atoms with Crippen LogP contribution < -0.4 is 10.6 Å². The largest absolute Gasteiger partial charge is 0.364 e. The molecule has 1 aromatic carbocycles. The normalized spacial score (nSPS) is 11.3. The highest BCUT2D eigenvalue weighted by atomic mass is 19.3. The molecule has 8 heteroatoms. The number of aryl methyl sites for hydroxylation is 2. The van der Waals surface area contributed by atoms with Crippen LogP contribution in [0.5, 0.6) is 0 Å². The molecule has 0 aliphatic heterocycles. The molecular formula is C18H20F3N3O2. The number of hydrogen-bond acceptors (Lipinski definition) is 2. The predicted molar refractivity (Wildman–Crippen MR) is 91.7 cm³/mol. The molecule has 0 saturated carbocycles. The number of nitrogens with one attached hydrogen (secondary N) is 2. The van der Waals surface area contributed by atoms with Crippen molar-refractivity contribution >= 4 is 17.5 Å². The van der Waals surface area contributed by atoms with E-state index in [-0.39, 0.29) is 12.1 Å². The third-order valence-corrected chi connectivity index (χ3v) is 3.83. The van der Waals surface area contributed by atoms with Crippen LogP contribution in [0.2, 0.25) is 0 Å². The van der Waals surface area contributed by atoms with Gasteiger partial charge in [0.05, 0.1) is 11.3 Å². The van der Waals surface area contributed by atoms with Crippen LogP contribution in [0, 0.1) is 12.7 Å². The fourth-order valence-corrected chi connectivity index (χ4v) is 2.39. The van der Waals surface area contributed by atoms with E-state index in [4.69, 9.17) is 0 Å².